The summed E-state index contributed by atoms with van der Waals surface area (Å²) in [6, 6.07) is 1.70. The van der Waals surface area contributed by atoms with E-state index >= 15 is 0 Å². The Balaban J connectivity index is 0.00000196. The Kier molecular flexibility index (Phi) is 9.13. The maximum atomic E-state index is 12.7. The molecule has 0 saturated heterocycles. The number of carbonyl (C=O) groups is 1. The molecule has 28 heavy (non-hydrogen) atoms. The summed E-state index contributed by atoms with van der Waals surface area (Å²) in [6.07, 6.45) is 3.05. The average molecular weight is 432 g/mol. The minimum atomic E-state index is -0.571. The third kappa shape index (κ3) is 5.12. The maximum Gasteiger partial charge on any atom is 0.329 e. The smallest absolute Gasteiger partial charge is 0.329 e. The summed E-state index contributed by atoms with van der Waals surface area (Å²) in [7, 11) is 0. The van der Waals surface area contributed by atoms with Crippen LogP contribution in [0.1, 0.15) is 55.1 Å². The zero-order valence-corrected chi connectivity index (χ0v) is 17.7. The van der Waals surface area contributed by atoms with Crippen LogP contribution in [0.4, 0.5) is 0 Å². The number of aromatic nitrogens is 3. The van der Waals surface area contributed by atoms with Gasteiger partial charge in [-0.05, 0) is 38.8 Å². The molecule has 0 unspecified atom stereocenters. The van der Waals surface area contributed by atoms with Gasteiger partial charge in [-0.2, -0.15) is 0 Å². The van der Waals surface area contributed by atoms with Gasteiger partial charge in [0.15, 0.2) is 5.65 Å². The van der Waals surface area contributed by atoms with Crippen molar-refractivity contribution in [1.29, 1.82) is 0 Å². The van der Waals surface area contributed by atoms with Crippen LogP contribution in [0.2, 0.25) is 0 Å². The number of nitrogens with zero attached hydrogens (tertiary/aromatic N) is 2. The highest BCUT2D eigenvalue weighted by Crippen LogP contribution is 2.39. The molecule has 8 nitrogen and oxygen atoms in total. The van der Waals surface area contributed by atoms with E-state index in [0.717, 1.165) is 31.5 Å². The fourth-order valence-electron chi connectivity index (χ4n) is 3.02. The van der Waals surface area contributed by atoms with E-state index in [9.17, 15) is 14.4 Å². The van der Waals surface area contributed by atoms with Crippen molar-refractivity contribution in [3.8, 4) is 0 Å². The summed E-state index contributed by atoms with van der Waals surface area (Å²) < 4.78 is 1.40. The lowest BCUT2D eigenvalue weighted by molar-refractivity contribution is 0.0955. The number of aromatic amines is 1. The number of rotatable bonds is 8. The van der Waals surface area contributed by atoms with Crippen molar-refractivity contribution in [2.24, 2.45) is 0 Å². The number of fused-ring (bicyclic) bond motifs is 1. The van der Waals surface area contributed by atoms with E-state index in [4.69, 9.17) is 0 Å². The van der Waals surface area contributed by atoms with Crippen LogP contribution in [0.25, 0.3) is 11.0 Å². The molecule has 2 aromatic rings. The molecule has 0 spiro atoms. The predicted octanol–water partition coefficient (Wildman–Crippen LogP) is 1.56. The number of amides is 1. The normalized spacial score (nSPS) is 12.9. The zero-order valence-electron chi connectivity index (χ0n) is 16.0. The molecule has 1 amide bonds. The summed E-state index contributed by atoms with van der Waals surface area (Å²) >= 11 is 0. The van der Waals surface area contributed by atoms with Crippen LogP contribution in [0.15, 0.2) is 15.7 Å². The van der Waals surface area contributed by atoms with Gasteiger partial charge in [-0.3, -0.25) is 19.1 Å². The number of aryl methyl sites for hydroxylation is 1. The van der Waals surface area contributed by atoms with Crippen LogP contribution in [-0.2, 0) is 6.54 Å². The van der Waals surface area contributed by atoms with Crippen molar-refractivity contribution in [2.75, 3.05) is 19.6 Å². The first kappa shape index (κ1) is 24.1. The molecule has 1 saturated carbocycles. The van der Waals surface area contributed by atoms with E-state index in [1.807, 2.05) is 6.92 Å². The zero-order chi connectivity index (χ0) is 18.7. The number of hydrogen-bond donors (Lipinski definition) is 3. The van der Waals surface area contributed by atoms with E-state index in [1.54, 1.807) is 6.07 Å². The third-order valence-corrected chi connectivity index (χ3v) is 4.54. The molecule has 2 aromatic heterocycles. The molecule has 0 aliphatic heterocycles. The van der Waals surface area contributed by atoms with Crippen LogP contribution in [0, 0.1) is 0 Å². The SMILES string of the molecule is CCCNCCNC(=O)c1cc(C2CC2)nc2c1c(=O)[nH]c(=O)n2CC.Cl.Cl. The van der Waals surface area contributed by atoms with E-state index in [0.29, 0.717) is 31.2 Å². The molecule has 0 aromatic carbocycles. The summed E-state index contributed by atoms with van der Waals surface area (Å²) in [5.41, 5.74) is 0.286. The highest BCUT2D eigenvalue weighted by atomic mass is 35.5. The minimum absolute atomic E-state index is 0. The monoisotopic (exact) mass is 431 g/mol. The summed E-state index contributed by atoms with van der Waals surface area (Å²) in [5.74, 6) is -0.0127. The lowest BCUT2D eigenvalue weighted by atomic mass is 10.1. The molecule has 1 aliphatic carbocycles. The van der Waals surface area contributed by atoms with Crippen LogP contribution >= 0.6 is 24.8 Å². The number of H-pyrrole nitrogens is 1. The first-order chi connectivity index (χ1) is 12.6. The van der Waals surface area contributed by atoms with Crippen LogP contribution in [0.5, 0.6) is 0 Å². The Labute approximate surface area is 175 Å². The van der Waals surface area contributed by atoms with Crippen molar-refractivity contribution in [3.63, 3.8) is 0 Å². The second-order valence-corrected chi connectivity index (χ2v) is 6.58. The van der Waals surface area contributed by atoms with Crippen LogP contribution < -0.4 is 21.9 Å². The summed E-state index contributed by atoms with van der Waals surface area (Å²) in [6.45, 7) is 6.27. The fourth-order valence-corrected chi connectivity index (χ4v) is 3.02. The molecule has 156 valence electrons. The Morgan fingerprint density at radius 3 is 2.54 bits per heavy atom. The predicted molar refractivity (Wildman–Crippen MR) is 114 cm³/mol. The van der Waals surface area contributed by atoms with Crippen molar-refractivity contribution in [2.45, 2.75) is 45.6 Å². The molecule has 10 heteroatoms. The summed E-state index contributed by atoms with van der Waals surface area (Å²) in [5, 5.41) is 6.24. The van der Waals surface area contributed by atoms with Gasteiger partial charge in [0.05, 0.1) is 10.9 Å². The molecule has 1 fully saturated rings. The lowest BCUT2D eigenvalue weighted by Gasteiger charge is -2.12. The van der Waals surface area contributed by atoms with Gasteiger partial charge in [0.2, 0.25) is 0 Å². The lowest BCUT2D eigenvalue weighted by Crippen LogP contribution is -2.35. The van der Waals surface area contributed by atoms with Crippen LogP contribution in [0.3, 0.4) is 0 Å². The Morgan fingerprint density at radius 1 is 1.21 bits per heavy atom. The first-order valence-electron chi connectivity index (χ1n) is 9.23. The van der Waals surface area contributed by atoms with Gasteiger partial charge < -0.3 is 10.6 Å². The number of pyridine rings is 1. The van der Waals surface area contributed by atoms with Crippen molar-refractivity contribution in [3.05, 3.63) is 38.2 Å². The number of nitrogens with one attached hydrogen (secondary N) is 3. The standard InChI is InChI=1S/C18H25N5O3.2ClH/c1-3-7-19-8-9-20-16(24)12-10-13(11-5-6-11)21-15-14(12)17(25)22-18(26)23(15)4-2;;/h10-11,19H,3-9H2,1-2H3,(H,20,24)(H,22,25,26);2*1H. The van der Waals surface area contributed by atoms with Gasteiger partial charge in [-0.1, -0.05) is 6.92 Å². The Bertz CT molecular complexity index is 937. The van der Waals surface area contributed by atoms with Gasteiger partial charge >= 0.3 is 5.69 Å². The highest BCUT2D eigenvalue weighted by molar-refractivity contribution is 6.05. The third-order valence-electron chi connectivity index (χ3n) is 4.54. The molecular weight excluding hydrogens is 405 g/mol. The average Bonchev–Trinajstić information content (AvgIpc) is 3.45. The molecular formula is C18H27Cl2N5O3. The van der Waals surface area contributed by atoms with E-state index in [1.165, 1.54) is 4.57 Å². The van der Waals surface area contributed by atoms with Crippen LogP contribution in [-0.4, -0.2) is 40.1 Å². The largest absolute Gasteiger partial charge is 0.351 e. The van der Waals surface area contributed by atoms with Gasteiger partial charge in [0.1, 0.15) is 0 Å². The molecule has 3 N–H and O–H groups in total. The quantitative estimate of drug-likeness (QED) is 0.549. The molecule has 0 radical (unpaired) electrons. The summed E-state index contributed by atoms with van der Waals surface area (Å²) in [4.78, 5) is 44.1. The van der Waals surface area contributed by atoms with Gasteiger partial charge in [0, 0.05) is 31.2 Å². The van der Waals surface area contributed by atoms with Crippen molar-refractivity contribution in [1.82, 2.24) is 25.2 Å². The topological polar surface area (TPSA) is 109 Å². The molecule has 0 atom stereocenters. The fraction of sp³-hybridized carbons (Fsp3) is 0.556. The minimum Gasteiger partial charge on any atom is -0.351 e. The van der Waals surface area contributed by atoms with E-state index < -0.39 is 11.2 Å². The van der Waals surface area contributed by atoms with Crippen molar-refractivity contribution >= 4 is 41.8 Å². The highest BCUT2D eigenvalue weighted by Gasteiger charge is 2.28. The molecule has 2 heterocycles. The Morgan fingerprint density at radius 2 is 1.93 bits per heavy atom. The number of halogens is 2. The Hall–Kier alpha value is -1.90. The molecule has 0 bridgehead atoms. The maximum absolute atomic E-state index is 12.7. The second-order valence-electron chi connectivity index (χ2n) is 6.58. The van der Waals surface area contributed by atoms with Gasteiger partial charge in [0.25, 0.3) is 11.5 Å². The van der Waals surface area contributed by atoms with Crippen molar-refractivity contribution < 1.29 is 4.79 Å². The number of carbonyl (C=O) groups excluding carboxylic acids is 1. The van der Waals surface area contributed by atoms with Gasteiger partial charge in [-0.25, -0.2) is 9.78 Å². The molecule has 3 rings (SSSR count). The first-order valence-corrected chi connectivity index (χ1v) is 9.23. The second kappa shape index (κ2) is 10.6. The molecule has 1 aliphatic rings. The number of hydrogen-bond acceptors (Lipinski definition) is 5. The van der Waals surface area contributed by atoms with Gasteiger partial charge in [-0.15, -0.1) is 24.8 Å². The van der Waals surface area contributed by atoms with E-state index in [-0.39, 0.29) is 41.7 Å². The van der Waals surface area contributed by atoms with E-state index in [2.05, 4.69) is 27.5 Å².